The molecule has 2 atom stereocenters. The molecule has 0 aromatic rings. The Balaban J connectivity index is 3.30. The van der Waals surface area contributed by atoms with Gasteiger partial charge in [0.25, 0.3) is 0 Å². The Bertz CT molecular complexity index is 197. The molecule has 0 aliphatic heterocycles. The highest BCUT2D eigenvalue weighted by molar-refractivity contribution is 7.84. The number of hydrogen-bond donors (Lipinski definition) is 2. The van der Waals surface area contributed by atoms with E-state index >= 15 is 0 Å². The predicted molar refractivity (Wildman–Crippen MR) is 59.7 cm³/mol. The zero-order valence-corrected chi connectivity index (χ0v) is 9.95. The van der Waals surface area contributed by atoms with Crippen molar-refractivity contribution in [2.45, 2.75) is 25.0 Å². The topological polar surface area (TPSA) is 58.2 Å². The molecule has 84 valence electrons. The SMILES string of the molecule is CNC(=O)CCCNCC(C)S(C)=O. The lowest BCUT2D eigenvalue weighted by molar-refractivity contribution is -0.120. The molecule has 0 radical (unpaired) electrons. The standard InChI is InChI=1S/C9H20N2O2S/c1-8(14(3)13)7-11-6-4-5-9(12)10-2/h8,11H,4-7H2,1-3H3,(H,10,12). The van der Waals surface area contributed by atoms with Crippen LogP contribution in [0.4, 0.5) is 0 Å². The summed E-state index contributed by atoms with van der Waals surface area (Å²) in [5.41, 5.74) is 0. The van der Waals surface area contributed by atoms with Gasteiger partial charge in [0.15, 0.2) is 0 Å². The molecule has 0 aliphatic rings. The van der Waals surface area contributed by atoms with Gasteiger partial charge >= 0.3 is 0 Å². The summed E-state index contributed by atoms with van der Waals surface area (Å²) < 4.78 is 11.0. The van der Waals surface area contributed by atoms with E-state index in [-0.39, 0.29) is 11.2 Å². The Kier molecular flexibility index (Phi) is 7.70. The first-order chi connectivity index (χ1) is 6.57. The Hall–Kier alpha value is -0.420. The first-order valence-electron chi connectivity index (χ1n) is 4.81. The number of rotatable bonds is 7. The monoisotopic (exact) mass is 220 g/mol. The van der Waals surface area contributed by atoms with Gasteiger partial charge in [0.05, 0.1) is 0 Å². The highest BCUT2D eigenvalue weighted by Crippen LogP contribution is 1.91. The molecule has 0 aromatic heterocycles. The third-order valence-electron chi connectivity index (χ3n) is 2.03. The molecule has 5 heteroatoms. The van der Waals surface area contributed by atoms with E-state index in [4.69, 9.17) is 0 Å². The van der Waals surface area contributed by atoms with Gasteiger partial charge in [-0.25, -0.2) is 0 Å². The van der Waals surface area contributed by atoms with Crippen LogP contribution in [0.3, 0.4) is 0 Å². The molecule has 0 fully saturated rings. The van der Waals surface area contributed by atoms with Crippen LogP contribution in [0.5, 0.6) is 0 Å². The van der Waals surface area contributed by atoms with E-state index in [2.05, 4.69) is 10.6 Å². The highest BCUT2D eigenvalue weighted by Gasteiger charge is 2.04. The Morgan fingerprint density at radius 3 is 2.64 bits per heavy atom. The summed E-state index contributed by atoms with van der Waals surface area (Å²) in [6.45, 7) is 3.49. The van der Waals surface area contributed by atoms with Crippen molar-refractivity contribution in [1.82, 2.24) is 10.6 Å². The van der Waals surface area contributed by atoms with Crippen LogP contribution in [-0.2, 0) is 15.6 Å². The Morgan fingerprint density at radius 2 is 2.14 bits per heavy atom. The van der Waals surface area contributed by atoms with Gasteiger partial charge in [0.2, 0.25) is 5.91 Å². The molecule has 14 heavy (non-hydrogen) atoms. The fourth-order valence-electron chi connectivity index (χ4n) is 0.922. The second kappa shape index (κ2) is 7.94. The molecule has 2 unspecified atom stereocenters. The molecule has 0 aliphatic carbocycles. The first kappa shape index (κ1) is 13.6. The van der Waals surface area contributed by atoms with Crippen molar-refractivity contribution in [3.05, 3.63) is 0 Å². The lowest BCUT2D eigenvalue weighted by atomic mass is 10.3. The van der Waals surface area contributed by atoms with E-state index in [0.717, 1.165) is 19.5 Å². The van der Waals surface area contributed by atoms with Gasteiger partial charge in [-0.2, -0.15) is 0 Å². The van der Waals surface area contributed by atoms with E-state index in [1.165, 1.54) is 0 Å². The molecule has 2 N–H and O–H groups in total. The van der Waals surface area contributed by atoms with Crippen molar-refractivity contribution < 1.29 is 9.00 Å². The zero-order valence-electron chi connectivity index (χ0n) is 9.13. The van der Waals surface area contributed by atoms with Crippen LogP contribution in [-0.4, -0.2) is 41.8 Å². The predicted octanol–water partition coefficient (Wildman–Crippen LogP) is -0.131. The van der Waals surface area contributed by atoms with Crippen molar-refractivity contribution >= 4 is 16.7 Å². The van der Waals surface area contributed by atoms with Gasteiger partial charge < -0.3 is 10.6 Å². The van der Waals surface area contributed by atoms with Crippen LogP contribution in [0.15, 0.2) is 0 Å². The minimum atomic E-state index is -0.768. The summed E-state index contributed by atoms with van der Waals surface area (Å²) >= 11 is 0. The number of carbonyl (C=O) groups excluding carboxylic acids is 1. The summed E-state index contributed by atoms with van der Waals surface area (Å²) in [6, 6.07) is 0. The van der Waals surface area contributed by atoms with Crippen LogP contribution in [0.25, 0.3) is 0 Å². The summed E-state index contributed by atoms with van der Waals surface area (Å²) in [5, 5.41) is 5.92. The van der Waals surface area contributed by atoms with Gasteiger partial charge in [-0.05, 0) is 19.9 Å². The van der Waals surface area contributed by atoms with E-state index in [1.54, 1.807) is 13.3 Å². The fraction of sp³-hybridized carbons (Fsp3) is 0.889. The first-order valence-corrected chi connectivity index (χ1v) is 6.43. The van der Waals surface area contributed by atoms with Crippen LogP contribution in [0, 0.1) is 0 Å². The maximum Gasteiger partial charge on any atom is 0.219 e. The largest absolute Gasteiger partial charge is 0.359 e. The van der Waals surface area contributed by atoms with Crippen LogP contribution >= 0.6 is 0 Å². The molecule has 0 aromatic carbocycles. The molecule has 0 heterocycles. The van der Waals surface area contributed by atoms with Gasteiger partial charge in [0.1, 0.15) is 0 Å². The lowest BCUT2D eigenvalue weighted by Gasteiger charge is -2.09. The normalized spacial score (nSPS) is 14.8. The minimum absolute atomic E-state index is 0.0684. The van der Waals surface area contributed by atoms with E-state index in [9.17, 15) is 9.00 Å². The molecule has 0 bridgehead atoms. The Morgan fingerprint density at radius 1 is 1.50 bits per heavy atom. The fourth-order valence-corrected chi connectivity index (χ4v) is 1.27. The van der Waals surface area contributed by atoms with Crippen molar-refractivity contribution in [2.75, 3.05) is 26.4 Å². The summed E-state index contributed by atoms with van der Waals surface area (Å²) in [5.74, 6) is 0.0684. The van der Waals surface area contributed by atoms with Crippen molar-refractivity contribution in [2.24, 2.45) is 0 Å². The number of carbonyl (C=O) groups is 1. The molecule has 0 spiro atoms. The van der Waals surface area contributed by atoms with Gasteiger partial charge in [-0.1, -0.05) is 0 Å². The second-order valence-electron chi connectivity index (χ2n) is 3.29. The maximum absolute atomic E-state index is 11.0. The minimum Gasteiger partial charge on any atom is -0.359 e. The van der Waals surface area contributed by atoms with E-state index < -0.39 is 10.8 Å². The summed E-state index contributed by atoms with van der Waals surface area (Å²) in [4.78, 5) is 10.8. The Labute approximate surface area is 88.3 Å². The highest BCUT2D eigenvalue weighted by atomic mass is 32.2. The molecule has 0 rings (SSSR count). The van der Waals surface area contributed by atoms with Crippen LogP contribution in [0.1, 0.15) is 19.8 Å². The van der Waals surface area contributed by atoms with Gasteiger partial charge in [-0.3, -0.25) is 9.00 Å². The van der Waals surface area contributed by atoms with Crippen molar-refractivity contribution in [3.63, 3.8) is 0 Å². The van der Waals surface area contributed by atoms with Crippen molar-refractivity contribution in [1.29, 1.82) is 0 Å². The van der Waals surface area contributed by atoms with Gasteiger partial charge in [0, 0.05) is 42.3 Å². The van der Waals surface area contributed by atoms with Crippen LogP contribution < -0.4 is 10.6 Å². The molecule has 0 saturated carbocycles. The average Bonchev–Trinajstić information content (AvgIpc) is 2.16. The van der Waals surface area contributed by atoms with Crippen LogP contribution in [0.2, 0.25) is 0 Å². The quantitative estimate of drug-likeness (QED) is 0.588. The summed E-state index contributed by atoms with van der Waals surface area (Å²) in [7, 11) is 0.869. The third kappa shape index (κ3) is 7.03. The molecular formula is C9H20N2O2S. The average molecular weight is 220 g/mol. The third-order valence-corrected chi connectivity index (χ3v) is 3.33. The zero-order chi connectivity index (χ0) is 11.0. The molecule has 1 amide bonds. The molecule has 4 nitrogen and oxygen atoms in total. The van der Waals surface area contributed by atoms with Crippen molar-refractivity contribution in [3.8, 4) is 0 Å². The van der Waals surface area contributed by atoms with E-state index in [0.29, 0.717) is 6.42 Å². The second-order valence-corrected chi connectivity index (χ2v) is 5.09. The van der Waals surface area contributed by atoms with E-state index in [1.807, 2.05) is 6.92 Å². The maximum atomic E-state index is 11.0. The number of nitrogens with one attached hydrogen (secondary N) is 2. The lowest BCUT2D eigenvalue weighted by Crippen LogP contribution is -2.29. The smallest absolute Gasteiger partial charge is 0.219 e. The summed E-state index contributed by atoms with van der Waals surface area (Å²) in [6.07, 6.45) is 3.08. The molecule has 0 saturated heterocycles. The molecular weight excluding hydrogens is 200 g/mol. The van der Waals surface area contributed by atoms with Gasteiger partial charge in [-0.15, -0.1) is 0 Å². The number of hydrogen-bond acceptors (Lipinski definition) is 3. The number of amides is 1.